The van der Waals surface area contributed by atoms with E-state index in [0.717, 1.165) is 185 Å². The quantitative estimate of drug-likeness (QED) is 0.0804. The first-order valence-corrected chi connectivity index (χ1v) is 30.6. The molecule has 0 fully saturated rings. The van der Waals surface area contributed by atoms with Crippen molar-refractivity contribution >= 4 is 161 Å². The molecular weight excluding hydrogens is 1160 g/mol. The molecule has 0 spiro atoms. The number of halogens is 2. The molecule has 17 aromatic carbocycles. The second-order valence-corrected chi connectivity index (χ2v) is 27.0. The number of phenolic OH excluding ortho intramolecular Hbond substituents is 4. The summed E-state index contributed by atoms with van der Waals surface area (Å²) in [5.41, 5.74) is 22.7. The van der Waals surface area contributed by atoms with E-state index in [1.54, 1.807) is 0 Å². The molecule has 4 N–H and O–H groups in total. The number of aromatic hydroxyl groups is 4. The maximum Gasteiger partial charge on any atom is 0.173 e. The van der Waals surface area contributed by atoms with Crippen LogP contribution in [-0.2, 0) is 0 Å². The molecule has 84 heavy (non-hydrogen) atoms. The maximum absolute atomic E-state index is 13.2. The third kappa shape index (κ3) is 5.93. The number of fused-ring (bicyclic) bond motifs is 6. The Labute approximate surface area is 501 Å². The average molecular weight is 1220 g/mol. The van der Waals surface area contributed by atoms with Crippen LogP contribution in [0.1, 0.15) is 66.8 Å². The molecule has 0 aliphatic rings. The van der Waals surface area contributed by atoms with E-state index in [2.05, 4.69) is 212 Å². The van der Waals surface area contributed by atoms with E-state index in [1.165, 1.54) is 44.5 Å². The Kier molecular flexibility index (Phi) is 9.70. The molecule has 0 heterocycles. The fourth-order valence-corrected chi connectivity index (χ4v) is 18.8. The van der Waals surface area contributed by atoms with Gasteiger partial charge in [0.25, 0.3) is 0 Å². The molecule has 406 valence electrons. The molecule has 0 aliphatic carbocycles. The molecule has 0 saturated heterocycles. The zero-order valence-electron chi connectivity index (χ0n) is 48.8. The summed E-state index contributed by atoms with van der Waals surface area (Å²) in [6, 6.07) is 36.8. The van der Waals surface area contributed by atoms with Gasteiger partial charge in [-0.15, -0.1) is 0 Å². The van der Waals surface area contributed by atoms with E-state index < -0.39 is 0 Å². The van der Waals surface area contributed by atoms with Gasteiger partial charge in [0.15, 0.2) is 23.0 Å². The third-order valence-electron chi connectivity index (χ3n) is 19.9. The minimum absolute atomic E-state index is 0.167. The van der Waals surface area contributed by atoms with Crippen molar-refractivity contribution in [3.05, 3.63) is 173 Å². The average Bonchev–Trinajstić information content (AvgIpc) is 0.644. The Morgan fingerprint density at radius 2 is 0.381 bits per heavy atom. The summed E-state index contributed by atoms with van der Waals surface area (Å²) in [6.45, 7) is 26.2. The molecule has 0 saturated carbocycles. The van der Waals surface area contributed by atoms with Gasteiger partial charge in [-0.3, -0.25) is 0 Å². The second-order valence-electron chi connectivity index (χ2n) is 25.4. The Balaban J connectivity index is 1.26. The highest BCUT2D eigenvalue weighted by Crippen LogP contribution is 2.66. The van der Waals surface area contributed by atoms with Gasteiger partial charge in [0.1, 0.15) is 0 Å². The van der Waals surface area contributed by atoms with Gasteiger partial charge < -0.3 is 20.4 Å². The standard InChI is InChI=1S/C78H56Br2O4/c1-29-13-33(5)53(34(6)14-29)41-21-45-46-22-42(54-35(7)15-30(2)16-36(54)8)26-50-58(46)66-65-57(45)49(25-41)61-69-63(75(81)77(83)73(61)79)51-27-43(55-37(9)17-31(3)18-38(55)10)23-47-48-24-44(56-39(11)19-32(4)20-40(56)12)28-52-60(48)68(67(59(47)51)71(65)69)72(66)70-62(50)74(80)78(84)76(82)64(52)70/h13-28,81-84H,1-12H3. The van der Waals surface area contributed by atoms with Crippen molar-refractivity contribution in [2.24, 2.45) is 0 Å². The van der Waals surface area contributed by atoms with Crippen LogP contribution in [0, 0.1) is 83.1 Å². The van der Waals surface area contributed by atoms with Gasteiger partial charge >= 0.3 is 0 Å². The van der Waals surface area contributed by atoms with Crippen molar-refractivity contribution in [2.75, 3.05) is 0 Å². The number of phenols is 4. The highest BCUT2D eigenvalue weighted by molar-refractivity contribution is 9.11. The van der Waals surface area contributed by atoms with Crippen molar-refractivity contribution in [3.8, 4) is 67.5 Å². The smallest absolute Gasteiger partial charge is 0.173 e. The third-order valence-corrected chi connectivity index (χ3v) is 21.4. The summed E-state index contributed by atoms with van der Waals surface area (Å²) in [6.07, 6.45) is 0. The van der Waals surface area contributed by atoms with Gasteiger partial charge in [-0.25, -0.2) is 0 Å². The fourth-order valence-electron chi connectivity index (χ4n) is 17.6. The number of aryl methyl sites for hydroxylation is 12. The molecule has 0 amide bonds. The monoisotopic (exact) mass is 1210 g/mol. The van der Waals surface area contributed by atoms with Crippen LogP contribution in [0.5, 0.6) is 23.0 Å². The van der Waals surface area contributed by atoms with Crippen LogP contribution in [0.2, 0.25) is 0 Å². The van der Waals surface area contributed by atoms with Gasteiger partial charge in [0.05, 0.1) is 8.95 Å². The second kappa shape index (κ2) is 16.3. The van der Waals surface area contributed by atoms with Crippen LogP contribution in [0.3, 0.4) is 0 Å². The lowest BCUT2D eigenvalue weighted by Gasteiger charge is -2.31. The van der Waals surface area contributed by atoms with Gasteiger partial charge in [0, 0.05) is 43.1 Å². The molecule has 6 heteroatoms. The van der Waals surface area contributed by atoms with Crippen LogP contribution in [0.15, 0.2) is 106 Å². The molecule has 0 aliphatic heterocycles. The number of hydrogen-bond acceptors (Lipinski definition) is 4. The van der Waals surface area contributed by atoms with Gasteiger partial charge in [-0.1, -0.05) is 70.8 Å². The van der Waals surface area contributed by atoms with Gasteiger partial charge in [-0.2, -0.15) is 0 Å². The molecule has 0 aromatic heterocycles. The van der Waals surface area contributed by atoms with Gasteiger partial charge in [0.2, 0.25) is 0 Å². The molecule has 0 atom stereocenters. The number of rotatable bonds is 4. The lowest BCUT2D eigenvalue weighted by molar-refractivity contribution is 0.407. The number of benzene rings is 17. The molecule has 4 nitrogen and oxygen atoms in total. The topological polar surface area (TPSA) is 80.9 Å². The predicted molar refractivity (Wildman–Crippen MR) is 364 cm³/mol. The lowest BCUT2D eigenvalue weighted by atomic mass is 9.72. The summed E-state index contributed by atoms with van der Waals surface area (Å²) in [5, 5.41) is 74.9. The highest BCUT2D eigenvalue weighted by Gasteiger charge is 2.37. The molecule has 0 radical (unpaired) electrons. The van der Waals surface area contributed by atoms with Crippen LogP contribution >= 0.6 is 31.9 Å². The molecular formula is C78H56Br2O4. The summed E-state index contributed by atoms with van der Waals surface area (Å²) in [7, 11) is 0. The van der Waals surface area contributed by atoms with Gasteiger partial charge in [-0.05, 0) is 339 Å². The minimum Gasteiger partial charge on any atom is -0.504 e. The predicted octanol–water partition coefficient (Wildman–Crippen LogP) is 22.9. The Morgan fingerprint density at radius 1 is 0.202 bits per heavy atom. The van der Waals surface area contributed by atoms with E-state index in [9.17, 15) is 20.4 Å². The van der Waals surface area contributed by atoms with Crippen LogP contribution in [0.25, 0.3) is 174 Å². The Hall–Kier alpha value is -8.42. The van der Waals surface area contributed by atoms with E-state index in [1.807, 2.05) is 0 Å². The van der Waals surface area contributed by atoms with Crippen molar-refractivity contribution in [3.63, 3.8) is 0 Å². The lowest BCUT2D eigenvalue weighted by Crippen LogP contribution is -2.03. The van der Waals surface area contributed by atoms with E-state index in [-0.39, 0.29) is 23.0 Å². The van der Waals surface area contributed by atoms with Crippen molar-refractivity contribution in [1.29, 1.82) is 0 Å². The first kappa shape index (κ1) is 50.1. The first-order valence-electron chi connectivity index (χ1n) is 29.0. The van der Waals surface area contributed by atoms with Crippen molar-refractivity contribution in [1.82, 2.24) is 0 Å². The number of hydrogen-bond donors (Lipinski definition) is 4. The van der Waals surface area contributed by atoms with E-state index in [0.29, 0.717) is 19.7 Å². The zero-order chi connectivity index (χ0) is 58.2. The SMILES string of the molecule is Cc1cc(C)c(-c2cc3c4cc(-c5c(C)cc(C)cc5C)cc5c6c(O)c(O)c(Br)c7c8cc(-c9c(C)cc(C)cc9C)cc9c%10cc(-c%11c(C)cc(C)cc%11C)cc%11c%12c(Br)c(O)c(O)c%13c(c2)c3c2c(c45)c(c67)c(c98)c(c%10%11)c2c%13%12)c(C)c1. The maximum atomic E-state index is 13.2. The van der Waals surface area contributed by atoms with E-state index in [4.69, 9.17) is 0 Å². The fraction of sp³-hybridized carbons (Fsp3) is 0.154. The first-order chi connectivity index (χ1) is 40.1. The largest absolute Gasteiger partial charge is 0.504 e. The molecule has 0 unspecified atom stereocenters. The van der Waals surface area contributed by atoms with Crippen LogP contribution in [0.4, 0.5) is 0 Å². The summed E-state index contributed by atoms with van der Waals surface area (Å²) < 4.78 is 0.886. The van der Waals surface area contributed by atoms with Crippen LogP contribution < -0.4 is 0 Å². The van der Waals surface area contributed by atoms with E-state index >= 15 is 0 Å². The van der Waals surface area contributed by atoms with Crippen molar-refractivity contribution in [2.45, 2.75) is 83.1 Å². The summed E-state index contributed by atoms with van der Waals surface area (Å²) >= 11 is 8.11. The molecule has 17 aromatic rings. The normalized spacial score (nSPS) is 12.8. The molecule has 0 bridgehead atoms. The Bertz CT molecular complexity index is 5120. The summed E-state index contributed by atoms with van der Waals surface area (Å²) in [5.74, 6) is -0.732. The Morgan fingerprint density at radius 3 is 0.607 bits per heavy atom. The van der Waals surface area contributed by atoms with Crippen LogP contribution in [-0.4, -0.2) is 20.4 Å². The summed E-state index contributed by atoms with van der Waals surface area (Å²) in [4.78, 5) is 0. The molecule has 17 rings (SSSR count). The van der Waals surface area contributed by atoms with Crippen molar-refractivity contribution < 1.29 is 20.4 Å². The highest BCUT2D eigenvalue weighted by atomic mass is 79.9. The minimum atomic E-state index is -0.199. The zero-order valence-corrected chi connectivity index (χ0v) is 52.0.